The van der Waals surface area contributed by atoms with Crippen LogP contribution < -0.4 is 0 Å². The molecule has 1 aromatic heterocycles. The van der Waals surface area contributed by atoms with Crippen molar-refractivity contribution in [3.63, 3.8) is 0 Å². The Morgan fingerprint density at radius 1 is 1.25 bits per heavy atom. The number of nitrogens with zero attached hydrogens (tertiary/aromatic N) is 2. The van der Waals surface area contributed by atoms with Crippen molar-refractivity contribution in [1.82, 2.24) is 9.88 Å². The largest absolute Gasteiger partial charge is 0.441 e. The van der Waals surface area contributed by atoms with Gasteiger partial charge >= 0.3 is 0 Å². The third-order valence-electron chi connectivity index (χ3n) is 2.99. The highest BCUT2D eigenvalue weighted by molar-refractivity contribution is 5.53. The number of hydrogen-bond donors (Lipinski definition) is 1. The summed E-state index contributed by atoms with van der Waals surface area (Å²) in [6, 6.07) is 9.87. The fourth-order valence-electron chi connectivity index (χ4n) is 2.25. The molecule has 1 heterocycles. The molecule has 108 valence electrons. The van der Waals surface area contributed by atoms with Gasteiger partial charge in [-0.05, 0) is 40.0 Å². The van der Waals surface area contributed by atoms with E-state index in [1.807, 2.05) is 49.2 Å². The molecule has 0 amide bonds. The molecule has 2 aromatic rings. The molecule has 0 radical (unpaired) electrons. The number of aromatic nitrogens is 1. The number of oxazole rings is 1. The third kappa shape index (κ3) is 3.92. The van der Waals surface area contributed by atoms with E-state index in [1.54, 1.807) is 13.8 Å². The summed E-state index contributed by atoms with van der Waals surface area (Å²) in [7, 11) is 1.97. The zero-order valence-corrected chi connectivity index (χ0v) is 12.6. The van der Waals surface area contributed by atoms with Gasteiger partial charge in [-0.25, -0.2) is 4.98 Å². The number of aryl methyl sites for hydroxylation is 1. The Hall–Kier alpha value is -1.65. The second-order valence-corrected chi connectivity index (χ2v) is 5.87. The molecule has 0 saturated heterocycles. The first-order chi connectivity index (χ1) is 9.35. The molecule has 2 rings (SSSR count). The van der Waals surface area contributed by atoms with Crippen LogP contribution in [0, 0.1) is 6.92 Å². The summed E-state index contributed by atoms with van der Waals surface area (Å²) in [5, 5.41) is 9.83. The first-order valence-electron chi connectivity index (χ1n) is 6.78. The summed E-state index contributed by atoms with van der Waals surface area (Å²) in [4.78, 5) is 6.60. The maximum Gasteiger partial charge on any atom is 0.226 e. The Labute approximate surface area is 120 Å². The lowest BCUT2D eigenvalue weighted by Crippen LogP contribution is -2.36. The maximum atomic E-state index is 9.83. The van der Waals surface area contributed by atoms with E-state index >= 15 is 0 Å². The second kappa shape index (κ2) is 5.77. The molecular formula is C16H22N2O2. The van der Waals surface area contributed by atoms with Gasteiger partial charge in [0, 0.05) is 18.7 Å². The van der Waals surface area contributed by atoms with Gasteiger partial charge in [-0.1, -0.05) is 18.2 Å². The lowest BCUT2D eigenvalue weighted by molar-refractivity contribution is 0.0421. The number of likely N-dealkylation sites (N-methyl/N-ethyl adjacent to an activating group) is 1. The summed E-state index contributed by atoms with van der Waals surface area (Å²) in [5.41, 5.74) is 1.18. The average Bonchev–Trinajstić information content (AvgIpc) is 2.70. The van der Waals surface area contributed by atoms with Crippen molar-refractivity contribution in [2.45, 2.75) is 32.9 Å². The Bertz CT molecular complexity index is 556. The van der Waals surface area contributed by atoms with E-state index in [4.69, 9.17) is 4.42 Å². The SMILES string of the molecule is Cc1oc(-c2ccccc2)nc1CN(C)CC(C)(C)O. The van der Waals surface area contributed by atoms with Gasteiger partial charge in [0.15, 0.2) is 0 Å². The van der Waals surface area contributed by atoms with Gasteiger partial charge in [-0.15, -0.1) is 0 Å². The molecule has 4 heteroatoms. The predicted molar refractivity (Wildman–Crippen MR) is 79.3 cm³/mol. The van der Waals surface area contributed by atoms with Crippen LogP contribution in [0.3, 0.4) is 0 Å². The van der Waals surface area contributed by atoms with E-state index in [0.29, 0.717) is 19.0 Å². The molecule has 1 N–H and O–H groups in total. The van der Waals surface area contributed by atoms with Gasteiger partial charge in [0.05, 0.1) is 11.3 Å². The molecule has 0 unspecified atom stereocenters. The molecule has 20 heavy (non-hydrogen) atoms. The topological polar surface area (TPSA) is 49.5 Å². The van der Waals surface area contributed by atoms with Crippen LogP contribution in [-0.2, 0) is 6.54 Å². The van der Waals surface area contributed by atoms with Gasteiger partial charge in [0.1, 0.15) is 5.76 Å². The minimum Gasteiger partial charge on any atom is -0.441 e. The second-order valence-electron chi connectivity index (χ2n) is 5.87. The quantitative estimate of drug-likeness (QED) is 0.911. The van der Waals surface area contributed by atoms with Crippen molar-refractivity contribution in [2.75, 3.05) is 13.6 Å². The fourth-order valence-corrected chi connectivity index (χ4v) is 2.25. The fraction of sp³-hybridized carbons (Fsp3) is 0.438. The van der Waals surface area contributed by atoms with Gasteiger partial charge in [-0.3, -0.25) is 4.90 Å². The van der Waals surface area contributed by atoms with Crippen molar-refractivity contribution in [3.8, 4) is 11.5 Å². The van der Waals surface area contributed by atoms with Crippen molar-refractivity contribution in [1.29, 1.82) is 0 Å². The molecule has 0 bridgehead atoms. The summed E-state index contributed by atoms with van der Waals surface area (Å²) in [5.74, 6) is 1.47. The molecule has 0 aliphatic carbocycles. The van der Waals surface area contributed by atoms with Gasteiger partial charge < -0.3 is 9.52 Å². The molecule has 0 aliphatic heterocycles. The molecule has 0 spiro atoms. The normalized spacial score (nSPS) is 12.1. The minimum absolute atomic E-state index is 0.583. The van der Waals surface area contributed by atoms with Crippen molar-refractivity contribution >= 4 is 0 Å². The number of hydrogen-bond acceptors (Lipinski definition) is 4. The van der Waals surface area contributed by atoms with Gasteiger partial charge in [-0.2, -0.15) is 0 Å². The molecule has 0 aliphatic rings. The van der Waals surface area contributed by atoms with E-state index in [9.17, 15) is 5.11 Å². The van der Waals surface area contributed by atoms with Crippen molar-refractivity contribution in [3.05, 3.63) is 41.8 Å². The lowest BCUT2D eigenvalue weighted by atomic mass is 10.1. The summed E-state index contributed by atoms with van der Waals surface area (Å²) in [6.07, 6.45) is 0. The minimum atomic E-state index is -0.714. The monoisotopic (exact) mass is 274 g/mol. The van der Waals surface area contributed by atoms with E-state index in [2.05, 4.69) is 4.98 Å². The van der Waals surface area contributed by atoms with E-state index in [1.165, 1.54) is 0 Å². The molecule has 4 nitrogen and oxygen atoms in total. The van der Waals surface area contributed by atoms with E-state index in [-0.39, 0.29) is 0 Å². The molecule has 1 aromatic carbocycles. The van der Waals surface area contributed by atoms with Crippen LogP contribution in [0.25, 0.3) is 11.5 Å². The Kier molecular flexibility index (Phi) is 4.26. The number of benzene rings is 1. The van der Waals surface area contributed by atoms with Crippen LogP contribution in [0.2, 0.25) is 0 Å². The van der Waals surface area contributed by atoms with Crippen molar-refractivity contribution < 1.29 is 9.52 Å². The predicted octanol–water partition coefficient (Wildman–Crippen LogP) is 2.85. The Morgan fingerprint density at radius 2 is 1.90 bits per heavy atom. The Morgan fingerprint density at radius 3 is 2.50 bits per heavy atom. The zero-order valence-electron chi connectivity index (χ0n) is 12.6. The summed E-state index contributed by atoms with van der Waals surface area (Å²) >= 11 is 0. The number of aliphatic hydroxyl groups is 1. The molecule has 0 saturated carbocycles. The molecular weight excluding hydrogens is 252 g/mol. The van der Waals surface area contributed by atoms with Crippen LogP contribution in [0.5, 0.6) is 0 Å². The molecule has 0 atom stereocenters. The lowest BCUT2D eigenvalue weighted by Gasteiger charge is -2.24. The van der Waals surface area contributed by atoms with Crippen LogP contribution in [0.4, 0.5) is 0 Å². The first-order valence-corrected chi connectivity index (χ1v) is 6.78. The average molecular weight is 274 g/mol. The van der Waals surface area contributed by atoms with Crippen LogP contribution in [0.15, 0.2) is 34.7 Å². The highest BCUT2D eigenvalue weighted by Gasteiger charge is 2.18. The summed E-state index contributed by atoms with van der Waals surface area (Å²) in [6.45, 7) is 6.77. The first kappa shape index (κ1) is 14.8. The Balaban J connectivity index is 2.12. The molecule has 0 fully saturated rings. The highest BCUT2D eigenvalue weighted by Crippen LogP contribution is 2.22. The van der Waals surface area contributed by atoms with Crippen LogP contribution >= 0.6 is 0 Å². The summed E-state index contributed by atoms with van der Waals surface area (Å²) < 4.78 is 5.73. The van der Waals surface area contributed by atoms with Crippen LogP contribution in [0.1, 0.15) is 25.3 Å². The van der Waals surface area contributed by atoms with Gasteiger partial charge in [0.2, 0.25) is 5.89 Å². The van der Waals surface area contributed by atoms with E-state index < -0.39 is 5.60 Å². The van der Waals surface area contributed by atoms with E-state index in [0.717, 1.165) is 17.0 Å². The number of rotatable bonds is 5. The smallest absolute Gasteiger partial charge is 0.226 e. The third-order valence-corrected chi connectivity index (χ3v) is 2.99. The highest BCUT2D eigenvalue weighted by atomic mass is 16.4. The zero-order chi connectivity index (χ0) is 14.8. The van der Waals surface area contributed by atoms with Gasteiger partial charge in [0.25, 0.3) is 0 Å². The maximum absolute atomic E-state index is 9.83. The van der Waals surface area contributed by atoms with Crippen LogP contribution in [-0.4, -0.2) is 34.2 Å². The van der Waals surface area contributed by atoms with Crippen molar-refractivity contribution in [2.24, 2.45) is 0 Å². The standard InChI is InChI=1S/C16H22N2O2/c1-12-14(10-18(4)11-16(2,3)19)17-15(20-12)13-8-6-5-7-9-13/h5-9,19H,10-11H2,1-4H3.